The van der Waals surface area contributed by atoms with Crippen LogP contribution in [0, 0.1) is 5.92 Å². The molecule has 0 aromatic rings. The molecule has 8 heavy (non-hydrogen) atoms. The van der Waals surface area contributed by atoms with Crippen molar-refractivity contribution in [1.29, 1.82) is 0 Å². The lowest BCUT2D eigenvalue weighted by Gasteiger charge is -1.99. The minimum Gasteiger partial charge on any atom is -0.395 e. The largest absolute Gasteiger partial charge is 0.395 e. The zero-order chi connectivity index (χ0) is 5.98. The van der Waals surface area contributed by atoms with E-state index in [0.29, 0.717) is 12.5 Å². The summed E-state index contributed by atoms with van der Waals surface area (Å²) in [6.45, 7) is 6.42. The van der Waals surface area contributed by atoms with E-state index in [2.05, 4.69) is 11.7 Å². The molecule has 1 unspecified atom stereocenters. The second-order valence-electron chi connectivity index (χ2n) is 2.00. The summed E-state index contributed by atoms with van der Waals surface area (Å²) in [6.07, 6.45) is 1.78. The van der Waals surface area contributed by atoms with Gasteiger partial charge in [-0.3, -0.25) is 0 Å². The smallest absolute Gasteiger partial charge is 0.128 e. The number of oxime groups is 1. The summed E-state index contributed by atoms with van der Waals surface area (Å²) in [5.74, 6) is 0.356. The molecule has 0 saturated heterocycles. The lowest BCUT2D eigenvalue weighted by molar-refractivity contribution is 0.161. The van der Waals surface area contributed by atoms with Gasteiger partial charge >= 0.3 is 0 Å². The third-order valence-electron chi connectivity index (χ3n) is 1.20. The Morgan fingerprint density at radius 2 is 2.75 bits per heavy atom. The zero-order valence-electron chi connectivity index (χ0n) is 4.92. The Labute approximate surface area is 48.8 Å². The van der Waals surface area contributed by atoms with Gasteiger partial charge in [0.2, 0.25) is 0 Å². The third-order valence-corrected chi connectivity index (χ3v) is 1.20. The summed E-state index contributed by atoms with van der Waals surface area (Å²) >= 11 is 0. The second kappa shape index (κ2) is 1.99. The molecule has 2 nitrogen and oxygen atoms in total. The molecule has 0 fully saturated rings. The SMILES string of the molecule is C=C(C)C1C=NOC1. The molecule has 0 amide bonds. The van der Waals surface area contributed by atoms with Gasteiger partial charge in [-0.05, 0) is 6.92 Å². The van der Waals surface area contributed by atoms with Gasteiger partial charge in [0.1, 0.15) is 6.61 Å². The molecule has 0 aromatic carbocycles. The van der Waals surface area contributed by atoms with Gasteiger partial charge in [0.25, 0.3) is 0 Å². The van der Waals surface area contributed by atoms with E-state index in [1.165, 1.54) is 0 Å². The van der Waals surface area contributed by atoms with Crippen molar-refractivity contribution >= 4 is 6.21 Å². The first kappa shape index (κ1) is 5.35. The van der Waals surface area contributed by atoms with E-state index in [9.17, 15) is 0 Å². The number of hydrogen-bond donors (Lipinski definition) is 0. The predicted octanol–water partition coefficient (Wildman–Crippen LogP) is 1.19. The van der Waals surface area contributed by atoms with Crippen LogP contribution in [0.1, 0.15) is 6.92 Å². The maximum Gasteiger partial charge on any atom is 0.128 e. The van der Waals surface area contributed by atoms with E-state index in [1.54, 1.807) is 6.21 Å². The third kappa shape index (κ3) is 0.886. The first-order valence-corrected chi connectivity index (χ1v) is 2.61. The highest BCUT2D eigenvalue weighted by atomic mass is 16.6. The average Bonchev–Trinajstić information content (AvgIpc) is 2.12. The Morgan fingerprint density at radius 3 is 3.00 bits per heavy atom. The molecule has 1 atom stereocenters. The summed E-state index contributed by atoms with van der Waals surface area (Å²) in [7, 11) is 0. The van der Waals surface area contributed by atoms with E-state index in [-0.39, 0.29) is 0 Å². The molecule has 0 bridgehead atoms. The van der Waals surface area contributed by atoms with Crippen LogP contribution in [0.2, 0.25) is 0 Å². The minimum atomic E-state index is 0.356. The highest BCUT2D eigenvalue weighted by molar-refractivity contribution is 5.65. The van der Waals surface area contributed by atoms with Crippen LogP contribution in [0.4, 0.5) is 0 Å². The molecule has 0 N–H and O–H groups in total. The van der Waals surface area contributed by atoms with Gasteiger partial charge < -0.3 is 4.84 Å². The van der Waals surface area contributed by atoms with Crippen LogP contribution >= 0.6 is 0 Å². The molecule has 1 rings (SSSR count). The highest BCUT2D eigenvalue weighted by Crippen LogP contribution is 2.10. The molecule has 1 heterocycles. The van der Waals surface area contributed by atoms with Crippen molar-refractivity contribution < 1.29 is 4.84 Å². The first-order chi connectivity index (χ1) is 3.80. The first-order valence-electron chi connectivity index (χ1n) is 2.61. The van der Waals surface area contributed by atoms with Gasteiger partial charge in [0.15, 0.2) is 0 Å². The molecule has 0 saturated carbocycles. The predicted molar refractivity (Wildman–Crippen MR) is 32.7 cm³/mol. The molecular weight excluding hydrogens is 102 g/mol. The van der Waals surface area contributed by atoms with Crippen molar-refractivity contribution in [2.24, 2.45) is 11.1 Å². The normalized spacial score (nSPS) is 25.4. The van der Waals surface area contributed by atoms with Crippen LogP contribution in [0.15, 0.2) is 17.3 Å². The lowest BCUT2D eigenvalue weighted by atomic mass is 10.1. The molecule has 44 valence electrons. The molecular formula is C6H9NO. The Kier molecular flexibility index (Phi) is 1.33. The number of hydrogen-bond acceptors (Lipinski definition) is 2. The molecule has 0 aromatic heterocycles. The van der Waals surface area contributed by atoms with Gasteiger partial charge in [0, 0.05) is 0 Å². The molecule has 0 aliphatic carbocycles. The van der Waals surface area contributed by atoms with Crippen LogP contribution in [0.25, 0.3) is 0 Å². The van der Waals surface area contributed by atoms with Crippen LogP contribution in [-0.2, 0) is 4.84 Å². The van der Waals surface area contributed by atoms with Crippen molar-refractivity contribution in [2.45, 2.75) is 6.92 Å². The Bertz CT molecular complexity index is 128. The maximum atomic E-state index is 4.73. The summed E-state index contributed by atoms with van der Waals surface area (Å²) in [6, 6.07) is 0. The van der Waals surface area contributed by atoms with Crippen LogP contribution in [-0.4, -0.2) is 12.8 Å². The Hall–Kier alpha value is -0.790. The quantitative estimate of drug-likeness (QED) is 0.466. The highest BCUT2D eigenvalue weighted by Gasteiger charge is 2.11. The average molecular weight is 111 g/mol. The Balaban J connectivity index is 2.48. The van der Waals surface area contributed by atoms with Crippen molar-refractivity contribution in [1.82, 2.24) is 0 Å². The van der Waals surface area contributed by atoms with E-state index < -0.39 is 0 Å². The minimum absolute atomic E-state index is 0.356. The van der Waals surface area contributed by atoms with Crippen LogP contribution in [0.5, 0.6) is 0 Å². The molecule has 2 heteroatoms. The lowest BCUT2D eigenvalue weighted by Crippen LogP contribution is -2.02. The fourth-order valence-electron chi connectivity index (χ4n) is 0.552. The number of nitrogens with zero attached hydrogens (tertiary/aromatic N) is 1. The van der Waals surface area contributed by atoms with E-state index in [1.807, 2.05) is 6.92 Å². The molecule has 1 aliphatic rings. The van der Waals surface area contributed by atoms with Crippen molar-refractivity contribution in [3.05, 3.63) is 12.2 Å². The fraction of sp³-hybridized carbons (Fsp3) is 0.500. The van der Waals surface area contributed by atoms with E-state index in [4.69, 9.17) is 4.84 Å². The standard InChI is InChI=1S/C6H9NO/c1-5(2)6-3-7-8-4-6/h3,6H,1,4H2,2H3. The summed E-state index contributed by atoms with van der Waals surface area (Å²) in [5, 5.41) is 3.60. The zero-order valence-corrected chi connectivity index (χ0v) is 4.92. The van der Waals surface area contributed by atoms with Gasteiger partial charge in [-0.25, -0.2) is 0 Å². The number of rotatable bonds is 1. The van der Waals surface area contributed by atoms with Gasteiger partial charge in [0.05, 0.1) is 12.1 Å². The van der Waals surface area contributed by atoms with Gasteiger partial charge in [-0.1, -0.05) is 17.3 Å². The van der Waals surface area contributed by atoms with Gasteiger partial charge in [-0.15, -0.1) is 0 Å². The molecule has 1 aliphatic heterocycles. The monoisotopic (exact) mass is 111 g/mol. The Morgan fingerprint density at radius 1 is 2.00 bits per heavy atom. The second-order valence-corrected chi connectivity index (χ2v) is 2.00. The van der Waals surface area contributed by atoms with E-state index >= 15 is 0 Å². The van der Waals surface area contributed by atoms with Crippen molar-refractivity contribution in [2.75, 3.05) is 6.61 Å². The summed E-state index contributed by atoms with van der Waals surface area (Å²) in [5.41, 5.74) is 1.12. The van der Waals surface area contributed by atoms with Crippen molar-refractivity contribution in [3.8, 4) is 0 Å². The van der Waals surface area contributed by atoms with Crippen LogP contribution in [0.3, 0.4) is 0 Å². The molecule has 0 radical (unpaired) electrons. The topological polar surface area (TPSA) is 21.6 Å². The fourth-order valence-corrected chi connectivity index (χ4v) is 0.552. The van der Waals surface area contributed by atoms with E-state index in [0.717, 1.165) is 5.57 Å². The van der Waals surface area contributed by atoms with Crippen LogP contribution < -0.4 is 0 Å². The maximum absolute atomic E-state index is 4.73. The summed E-state index contributed by atoms with van der Waals surface area (Å²) in [4.78, 5) is 4.73. The van der Waals surface area contributed by atoms with Gasteiger partial charge in [-0.2, -0.15) is 0 Å². The summed E-state index contributed by atoms with van der Waals surface area (Å²) < 4.78 is 0. The molecule has 0 spiro atoms. The van der Waals surface area contributed by atoms with Crippen molar-refractivity contribution in [3.63, 3.8) is 0 Å².